The highest BCUT2D eigenvalue weighted by molar-refractivity contribution is 6.01. The molecule has 1 aliphatic heterocycles. The summed E-state index contributed by atoms with van der Waals surface area (Å²) in [4.78, 5) is 18.6. The van der Waals surface area contributed by atoms with E-state index in [0.29, 0.717) is 0 Å². The van der Waals surface area contributed by atoms with Gasteiger partial charge in [-0.05, 0) is 46.0 Å². The van der Waals surface area contributed by atoms with Crippen LogP contribution in [0.4, 0.5) is 0 Å². The number of carboxylic acid groups (broad SMARTS) is 1. The Bertz CT molecular complexity index is 556. The van der Waals surface area contributed by atoms with E-state index in [1.807, 2.05) is 0 Å². The minimum absolute atomic E-state index is 0.133. The highest BCUT2D eigenvalue weighted by atomic mass is 16.4. The number of nitrogens with one attached hydrogen (secondary N) is 3. The molecular formula is C22H45N5O2. The molecule has 1 fully saturated rings. The Hall–Kier alpha value is -1.79. The molecule has 4 N–H and O–H groups in total. The molecule has 0 saturated carbocycles. The number of hydrogen-bond acceptors (Lipinski definition) is 3. The van der Waals surface area contributed by atoms with E-state index in [2.05, 4.69) is 71.3 Å². The van der Waals surface area contributed by atoms with E-state index in [1.165, 1.54) is 25.7 Å². The van der Waals surface area contributed by atoms with Crippen molar-refractivity contribution in [2.24, 2.45) is 15.4 Å². The van der Waals surface area contributed by atoms with Gasteiger partial charge in [0.2, 0.25) is 0 Å². The third kappa shape index (κ3) is 15.8. The summed E-state index contributed by atoms with van der Waals surface area (Å²) in [5, 5.41) is 17.6. The van der Waals surface area contributed by atoms with E-state index in [4.69, 9.17) is 19.9 Å². The van der Waals surface area contributed by atoms with E-state index in [0.717, 1.165) is 38.2 Å². The van der Waals surface area contributed by atoms with Crippen LogP contribution < -0.4 is 16.0 Å². The summed E-state index contributed by atoms with van der Waals surface area (Å²) in [6.45, 7) is 19.5. The lowest BCUT2D eigenvalue weighted by Gasteiger charge is -2.38. The molecule has 1 rings (SSSR count). The molecule has 0 aromatic carbocycles. The van der Waals surface area contributed by atoms with Gasteiger partial charge in [-0.1, -0.05) is 53.4 Å². The first kappa shape index (κ1) is 27.2. The number of rotatable bonds is 8. The zero-order chi connectivity index (χ0) is 22.7. The van der Waals surface area contributed by atoms with Gasteiger partial charge in [-0.3, -0.25) is 15.1 Å². The van der Waals surface area contributed by atoms with Crippen molar-refractivity contribution in [3.63, 3.8) is 0 Å². The van der Waals surface area contributed by atoms with Crippen molar-refractivity contribution in [2.75, 3.05) is 6.54 Å². The van der Waals surface area contributed by atoms with E-state index >= 15 is 0 Å². The first-order chi connectivity index (χ1) is 13.2. The molecule has 0 amide bonds. The van der Waals surface area contributed by atoms with Gasteiger partial charge < -0.3 is 15.7 Å². The number of hydrogen-bond donors (Lipinski definition) is 4. The van der Waals surface area contributed by atoms with Crippen LogP contribution in [0.3, 0.4) is 0 Å². The normalized spacial score (nSPS) is 18.9. The SMILES string of the molecule is CC(=O)O.CCCCCCCN=C1NC(=NC(C)(C)CC(C)(C)C)NC(C)(C)N1. The standard InChI is InChI=1S/C20H41N5.C2H4O2/c1-9-10-11-12-13-14-21-16-22-17(25-20(7,8)24-16)23-19(5,6)15-18(2,3)4;1-2(3)4/h9-15H2,1-8H3,(H3,21,22,23,24,25);1H3,(H,3,4). The molecule has 170 valence electrons. The van der Waals surface area contributed by atoms with Crippen molar-refractivity contribution in [3.8, 4) is 0 Å². The molecule has 0 atom stereocenters. The van der Waals surface area contributed by atoms with Crippen LogP contribution >= 0.6 is 0 Å². The number of carboxylic acids is 1. The molecule has 0 aromatic heterocycles. The summed E-state index contributed by atoms with van der Waals surface area (Å²) in [5.74, 6) is 0.798. The molecule has 0 unspecified atom stereocenters. The second kappa shape index (κ2) is 12.0. The maximum atomic E-state index is 9.00. The van der Waals surface area contributed by atoms with Gasteiger partial charge in [0.15, 0.2) is 11.9 Å². The van der Waals surface area contributed by atoms with Crippen molar-refractivity contribution >= 4 is 17.9 Å². The summed E-state index contributed by atoms with van der Waals surface area (Å²) < 4.78 is 0. The van der Waals surface area contributed by atoms with Gasteiger partial charge in [-0.2, -0.15) is 0 Å². The van der Waals surface area contributed by atoms with Gasteiger partial charge >= 0.3 is 0 Å². The van der Waals surface area contributed by atoms with E-state index in [1.54, 1.807) is 0 Å². The molecule has 1 saturated heterocycles. The molecule has 0 bridgehead atoms. The van der Waals surface area contributed by atoms with Gasteiger partial charge in [0.1, 0.15) is 5.66 Å². The average molecular weight is 412 g/mol. The Labute approximate surface area is 178 Å². The molecule has 1 aliphatic rings. The molecular weight excluding hydrogens is 366 g/mol. The third-order valence-corrected chi connectivity index (χ3v) is 4.01. The van der Waals surface area contributed by atoms with Crippen LogP contribution in [0.1, 0.15) is 101 Å². The number of nitrogens with zero attached hydrogens (tertiary/aromatic N) is 2. The van der Waals surface area contributed by atoms with Crippen LogP contribution in [0.15, 0.2) is 9.98 Å². The minimum atomic E-state index is -0.833. The first-order valence-corrected chi connectivity index (χ1v) is 10.8. The summed E-state index contributed by atoms with van der Waals surface area (Å²) in [7, 11) is 0. The summed E-state index contributed by atoms with van der Waals surface area (Å²) in [5.41, 5.74) is -0.152. The molecule has 1 heterocycles. The largest absolute Gasteiger partial charge is 0.481 e. The fourth-order valence-electron chi connectivity index (χ4n) is 3.48. The number of unbranched alkanes of at least 4 members (excludes halogenated alkanes) is 4. The average Bonchev–Trinajstić information content (AvgIpc) is 2.45. The maximum Gasteiger partial charge on any atom is 0.300 e. The number of aliphatic carboxylic acids is 1. The molecule has 0 spiro atoms. The smallest absolute Gasteiger partial charge is 0.300 e. The summed E-state index contributed by atoms with van der Waals surface area (Å²) in [6, 6.07) is 0. The highest BCUT2D eigenvalue weighted by Gasteiger charge is 2.30. The van der Waals surface area contributed by atoms with E-state index < -0.39 is 5.97 Å². The van der Waals surface area contributed by atoms with Crippen LogP contribution in [0.5, 0.6) is 0 Å². The Kier molecular flexibility index (Phi) is 11.3. The summed E-state index contributed by atoms with van der Waals surface area (Å²) in [6.07, 6.45) is 7.33. The van der Waals surface area contributed by atoms with Crippen molar-refractivity contribution < 1.29 is 9.90 Å². The summed E-state index contributed by atoms with van der Waals surface area (Å²) >= 11 is 0. The quantitative estimate of drug-likeness (QED) is 0.441. The zero-order valence-electron chi connectivity index (χ0n) is 20.2. The molecule has 0 aromatic rings. The molecule has 0 radical (unpaired) electrons. The molecule has 0 aliphatic carbocycles. The fourth-order valence-corrected chi connectivity index (χ4v) is 3.48. The van der Waals surface area contributed by atoms with Crippen LogP contribution in [-0.2, 0) is 4.79 Å². The van der Waals surface area contributed by atoms with Crippen molar-refractivity contribution in [3.05, 3.63) is 0 Å². The number of aliphatic imine (C=N–C) groups is 2. The predicted octanol–water partition coefficient (Wildman–Crippen LogP) is 4.49. The maximum absolute atomic E-state index is 9.00. The van der Waals surface area contributed by atoms with Crippen molar-refractivity contribution in [1.82, 2.24) is 16.0 Å². The fraction of sp³-hybridized carbons (Fsp3) is 0.864. The molecule has 29 heavy (non-hydrogen) atoms. The van der Waals surface area contributed by atoms with Gasteiger partial charge in [0.25, 0.3) is 5.97 Å². The molecule has 7 heteroatoms. The minimum Gasteiger partial charge on any atom is -0.481 e. The Morgan fingerprint density at radius 3 is 2.03 bits per heavy atom. The first-order valence-electron chi connectivity index (χ1n) is 10.8. The van der Waals surface area contributed by atoms with Gasteiger partial charge in [0, 0.05) is 13.5 Å². The topological polar surface area (TPSA) is 98.1 Å². The van der Waals surface area contributed by atoms with E-state index in [-0.39, 0.29) is 16.6 Å². The number of carbonyl (C=O) groups is 1. The monoisotopic (exact) mass is 411 g/mol. The van der Waals surface area contributed by atoms with Crippen molar-refractivity contribution in [2.45, 2.75) is 112 Å². The number of guanidine groups is 2. The van der Waals surface area contributed by atoms with Crippen LogP contribution in [0, 0.1) is 5.41 Å². The second-order valence-corrected chi connectivity index (χ2v) is 10.2. The Morgan fingerprint density at radius 1 is 1.00 bits per heavy atom. The van der Waals surface area contributed by atoms with Gasteiger partial charge in [-0.25, -0.2) is 4.99 Å². The van der Waals surface area contributed by atoms with E-state index in [9.17, 15) is 0 Å². The Balaban J connectivity index is 0.00000178. The lowest BCUT2D eigenvalue weighted by atomic mass is 9.82. The van der Waals surface area contributed by atoms with Crippen molar-refractivity contribution in [1.29, 1.82) is 0 Å². The highest BCUT2D eigenvalue weighted by Crippen LogP contribution is 2.29. The zero-order valence-corrected chi connectivity index (χ0v) is 20.2. The second-order valence-electron chi connectivity index (χ2n) is 10.2. The predicted molar refractivity (Wildman–Crippen MR) is 123 cm³/mol. The lowest BCUT2D eigenvalue weighted by Crippen LogP contribution is -2.69. The molecule has 7 nitrogen and oxygen atoms in total. The lowest BCUT2D eigenvalue weighted by molar-refractivity contribution is -0.134. The van der Waals surface area contributed by atoms with Crippen LogP contribution in [-0.4, -0.2) is 40.7 Å². The van der Waals surface area contributed by atoms with Gasteiger partial charge in [-0.15, -0.1) is 0 Å². The Morgan fingerprint density at radius 2 is 1.52 bits per heavy atom. The van der Waals surface area contributed by atoms with Gasteiger partial charge in [0.05, 0.1) is 5.54 Å². The third-order valence-electron chi connectivity index (χ3n) is 4.01. The van der Waals surface area contributed by atoms with Crippen LogP contribution in [0.25, 0.3) is 0 Å². The van der Waals surface area contributed by atoms with Crippen LogP contribution in [0.2, 0.25) is 0 Å².